The second-order valence-corrected chi connectivity index (χ2v) is 4.86. The first-order chi connectivity index (χ1) is 9.43. The fraction of sp³-hybridized carbons (Fsp3) is 0.500. The van der Waals surface area contributed by atoms with Crippen LogP contribution in [0, 0.1) is 5.92 Å². The van der Waals surface area contributed by atoms with Crippen molar-refractivity contribution in [2.45, 2.75) is 32.9 Å². The second-order valence-electron chi connectivity index (χ2n) is 4.86. The molecule has 6 heteroatoms. The van der Waals surface area contributed by atoms with E-state index in [0.29, 0.717) is 12.3 Å². The average molecular weight is 287 g/mol. The van der Waals surface area contributed by atoms with Gasteiger partial charge in [0.25, 0.3) is 5.91 Å². The smallest absolute Gasteiger partial charge is 0.387 e. The lowest BCUT2D eigenvalue weighted by atomic mass is 10.0. The Morgan fingerprint density at radius 2 is 2.00 bits per heavy atom. The molecule has 0 aliphatic carbocycles. The highest BCUT2D eigenvalue weighted by Crippen LogP contribution is 2.20. The number of rotatable bonds is 7. The zero-order chi connectivity index (χ0) is 15.1. The standard InChI is InChI=1S/C14H19F2NO3/c1-9(2)7-10(8-18)17-13(19)11-5-3-4-6-12(11)20-14(15)16/h3-6,9-10,14,18H,7-8H2,1-2H3,(H,17,19). The number of carbonyl (C=O) groups is 1. The molecule has 0 aromatic heterocycles. The molecule has 1 atom stereocenters. The van der Waals surface area contributed by atoms with Crippen LogP contribution in [-0.2, 0) is 0 Å². The summed E-state index contributed by atoms with van der Waals surface area (Å²) in [6, 6.07) is 5.35. The number of hydrogen-bond acceptors (Lipinski definition) is 3. The van der Waals surface area contributed by atoms with Crippen LogP contribution in [0.4, 0.5) is 8.78 Å². The SMILES string of the molecule is CC(C)CC(CO)NC(=O)c1ccccc1OC(F)F. The molecule has 1 amide bonds. The van der Waals surface area contributed by atoms with Gasteiger partial charge >= 0.3 is 6.61 Å². The van der Waals surface area contributed by atoms with Crippen LogP contribution < -0.4 is 10.1 Å². The van der Waals surface area contributed by atoms with Crippen molar-refractivity contribution < 1.29 is 23.4 Å². The van der Waals surface area contributed by atoms with Crippen LogP contribution in [0.1, 0.15) is 30.6 Å². The van der Waals surface area contributed by atoms with Crippen molar-refractivity contribution in [1.82, 2.24) is 5.32 Å². The fourth-order valence-corrected chi connectivity index (χ4v) is 1.86. The lowest BCUT2D eigenvalue weighted by Crippen LogP contribution is -2.38. The Hall–Kier alpha value is -1.69. The monoisotopic (exact) mass is 287 g/mol. The van der Waals surface area contributed by atoms with Crippen LogP contribution in [0.2, 0.25) is 0 Å². The highest BCUT2D eigenvalue weighted by Gasteiger charge is 2.18. The lowest BCUT2D eigenvalue weighted by molar-refractivity contribution is -0.0501. The molecule has 0 heterocycles. The number of carbonyl (C=O) groups excluding carboxylic acids is 1. The van der Waals surface area contributed by atoms with Crippen LogP contribution in [0.25, 0.3) is 0 Å². The van der Waals surface area contributed by atoms with Crippen molar-refractivity contribution in [3.63, 3.8) is 0 Å². The summed E-state index contributed by atoms with van der Waals surface area (Å²) in [6.07, 6.45) is 0.597. The van der Waals surface area contributed by atoms with Crippen LogP contribution in [0.15, 0.2) is 24.3 Å². The number of nitrogens with one attached hydrogen (secondary N) is 1. The molecule has 2 N–H and O–H groups in total. The Kier molecular flexibility index (Phi) is 6.38. The summed E-state index contributed by atoms with van der Waals surface area (Å²) in [5.41, 5.74) is 0.0232. The van der Waals surface area contributed by atoms with E-state index in [4.69, 9.17) is 0 Å². The number of hydrogen-bond donors (Lipinski definition) is 2. The van der Waals surface area contributed by atoms with E-state index in [-0.39, 0.29) is 17.9 Å². The van der Waals surface area contributed by atoms with E-state index in [0.717, 1.165) is 0 Å². The summed E-state index contributed by atoms with van der Waals surface area (Å²) >= 11 is 0. The molecule has 4 nitrogen and oxygen atoms in total. The van der Waals surface area contributed by atoms with Gasteiger partial charge < -0.3 is 15.2 Å². The first-order valence-corrected chi connectivity index (χ1v) is 6.39. The first kappa shape index (κ1) is 16.4. The minimum absolute atomic E-state index is 0.0232. The molecule has 1 unspecified atom stereocenters. The zero-order valence-corrected chi connectivity index (χ0v) is 11.5. The molecule has 0 saturated carbocycles. The summed E-state index contributed by atoms with van der Waals surface area (Å²) in [5, 5.41) is 11.8. The molecule has 112 valence electrons. The molecule has 0 aliphatic rings. The van der Waals surface area contributed by atoms with E-state index in [9.17, 15) is 18.7 Å². The number of amides is 1. The topological polar surface area (TPSA) is 58.6 Å². The average Bonchev–Trinajstić information content (AvgIpc) is 2.37. The van der Waals surface area contributed by atoms with Gasteiger partial charge in [-0.2, -0.15) is 8.78 Å². The van der Waals surface area contributed by atoms with Gasteiger partial charge in [-0.25, -0.2) is 0 Å². The molecule has 1 rings (SSSR count). The van der Waals surface area contributed by atoms with E-state index >= 15 is 0 Å². The minimum atomic E-state index is -2.99. The molecule has 20 heavy (non-hydrogen) atoms. The van der Waals surface area contributed by atoms with Crippen molar-refractivity contribution >= 4 is 5.91 Å². The van der Waals surface area contributed by atoms with Crippen molar-refractivity contribution in [2.75, 3.05) is 6.61 Å². The summed E-state index contributed by atoms with van der Waals surface area (Å²) in [6.45, 7) is 0.723. The molecule has 0 radical (unpaired) electrons. The van der Waals surface area contributed by atoms with E-state index in [1.54, 1.807) is 6.07 Å². The molecule has 0 fully saturated rings. The predicted molar refractivity (Wildman–Crippen MR) is 70.9 cm³/mol. The first-order valence-electron chi connectivity index (χ1n) is 6.39. The molecule has 0 spiro atoms. The van der Waals surface area contributed by atoms with Crippen LogP contribution in [0.5, 0.6) is 5.75 Å². The third-order valence-electron chi connectivity index (χ3n) is 2.66. The number of aliphatic hydroxyl groups excluding tert-OH is 1. The summed E-state index contributed by atoms with van der Waals surface area (Å²) in [7, 11) is 0. The molecular formula is C14H19F2NO3. The highest BCUT2D eigenvalue weighted by atomic mass is 19.3. The van der Waals surface area contributed by atoms with Gasteiger partial charge in [-0.05, 0) is 24.5 Å². The predicted octanol–water partition coefficient (Wildman–Crippen LogP) is 2.42. The maximum Gasteiger partial charge on any atom is 0.387 e. The summed E-state index contributed by atoms with van der Waals surface area (Å²) < 4.78 is 28.8. The minimum Gasteiger partial charge on any atom is -0.434 e. The van der Waals surface area contributed by atoms with Gasteiger partial charge in [0.15, 0.2) is 0 Å². The largest absolute Gasteiger partial charge is 0.434 e. The summed E-state index contributed by atoms with van der Waals surface area (Å²) in [4.78, 5) is 12.1. The van der Waals surface area contributed by atoms with Gasteiger partial charge in [-0.3, -0.25) is 4.79 Å². The zero-order valence-electron chi connectivity index (χ0n) is 11.5. The maximum atomic E-state index is 12.3. The lowest BCUT2D eigenvalue weighted by Gasteiger charge is -2.19. The van der Waals surface area contributed by atoms with Gasteiger partial charge in [-0.1, -0.05) is 26.0 Å². The van der Waals surface area contributed by atoms with E-state index in [2.05, 4.69) is 10.1 Å². The molecule has 0 saturated heterocycles. The van der Waals surface area contributed by atoms with E-state index in [1.165, 1.54) is 18.2 Å². The second kappa shape index (κ2) is 7.79. The Bertz CT molecular complexity index is 438. The van der Waals surface area contributed by atoms with Crippen LogP contribution >= 0.6 is 0 Å². The Labute approximate surface area is 116 Å². The normalized spacial score (nSPS) is 12.6. The number of para-hydroxylation sites is 1. The fourth-order valence-electron chi connectivity index (χ4n) is 1.86. The number of halogens is 2. The Morgan fingerprint density at radius 1 is 1.35 bits per heavy atom. The Morgan fingerprint density at radius 3 is 2.55 bits per heavy atom. The third kappa shape index (κ3) is 5.13. The number of ether oxygens (including phenoxy) is 1. The van der Waals surface area contributed by atoms with Crippen molar-refractivity contribution in [1.29, 1.82) is 0 Å². The van der Waals surface area contributed by atoms with Crippen LogP contribution in [0.3, 0.4) is 0 Å². The molecular weight excluding hydrogens is 268 g/mol. The van der Waals surface area contributed by atoms with Crippen molar-refractivity contribution in [3.05, 3.63) is 29.8 Å². The number of aliphatic hydroxyl groups is 1. The van der Waals surface area contributed by atoms with Crippen molar-refractivity contribution in [3.8, 4) is 5.75 Å². The van der Waals surface area contributed by atoms with Gasteiger partial charge in [0.1, 0.15) is 5.75 Å². The third-order valence-corrected chi connectivity index (χ3v) is 2.66. The molecule has 1 aromatic carbocycles. The summed E-state index contributed by atoms with van der Waals surface area (Å²) in [5.74, 6) is -0.429. The van der Waals surface area contributed by atoms with Crippen molar-refractivity contribution in [2.24, 2.45) is 5.92 Å². The van der Waals surface area contributed by atoms with Gasteiger partial charge in [0.2, 0.25) is 0 Å². The quantitative estimate of drug-likeness (QED) is 0.809. The molecule has 0 bridgehead atoms. The molecule has 0 aliphatic heterocycles. The van der Waals surface area contributed by atoms with E-state index < -0.39 is 18.6 Å². The maximum absolute atomic E-state index is 12.3. The van der Waals surface area contributed by atoms with Gasteiger partial charge in [-0.15, -0.1) is 0 Å². The number of benzene rings is 1. The van der Waals surface area contributed by atoms with E-state index in [1.807, 2.05) is 13.8 Å². The van der Waals surface area contributed by atoms with Gasteiger partial charge in [0, 0.05) is 0 Å². The Balaban J connectivity index is 2.80. The van der Waals surface area contributed by atoms with Crippen LogP contribution in [-0.4, -0.2) is 30.3 Å². The highest BCUT2D eigenvalue weighted by molar-refractivity contribution is 5.97. The van der Waals surface area contributed by atoms with Gasteiger partial charge in [0.05, 0.1) is 18.2 Å². The number of alkyl halides is 2. The molecule has 1 aromatic rings.